The Kier molecular flexibility index (Phi) is 1580000. The molecular weight excluding hydrogens is 286 g/mol. The number of hydrogen-bond acceptors (Lipinski definition) is 0. The molecule has 0 saturated carbocycles. The molecule has 0 aliphatic rings. The minimum absolute atomic E-state index is 0. The van der Waals surface area contributed by atoms with Crippen LogP contribution in [0.15, 0.2) is 0 Å². The van der Waals surface area contributed by atoms with E-state index in [2.05, 4.69) is 0 Å². The molecule has 0 bridgehead atoms. The van der Waals surface area contributed by atoms with Gasteiger partial charge in [-0.05, 0) is 0 Å². The molecule has 106 valence electrons. The number of halogens is 13. The van der Waals surface area contributed by atoms with Gasteiger partial charge in [-0.3, -0.25) is 61.2 Å². The van der Waals surface area contributed by atoms with Crippen molar-refractivity contribution < 1.29 is 114 Å². The molecule has 0 nitrogen and oxygen atoms in total. The predicted octanol–water partition coefficient (Wildman–Crippen LogP) is -0.901. The third kappa shape index (κ3) is 3320. The molecule has 0 N–H and O–H groups in total. The van der Waals surface area contributed by atoms with Gasteiger partial charge >= 0.3 is 51.4 Å². The Bertz CT molecular complexity index is 10.5. The van der Waals surface area contributed by atoms with Crippen molar-refractivity contribution in [2.45, 2.75) is 0 Å². The molecule has 0 aromatic carbocycles. The average Bonchev–Trinajstić information content (AvgIpc) is 0. The van der Waals surface area contributed by atoms with Crippen LogP contribution in [0.3, 0.4) is 0 Å². The molecule has 0 unspecified atom stereocenters. The molecule has 0 atom stereocenters. The van der Waals surface area contributed by atoms with Crippen LogP contribution in [-0.2, 0) is 0 Å². The van der Waals surface area contributed by atoms with Crippen molar-refractivity contribution in [3.63, 3.8) is 0 Å². The summed E-state index contributed by atoms with van der Waals surface area (Å²) in [6.45, 7) is 0. The molecule has 0 radical (unpaired) electrons. The van der Waals surface area contributed by atoms with Gasteiger partial charge in [-0.2, -0.15) is 0 Å². The van der Waals surface area contributed by atoms with Crippen LogP contribution in [0, 0.1) is 0 Å². The monoisotopic (exact) mass is 300 g/mol. The van der Waals surface area contributed by atoms with Gasteiger partial charge in [-0.25, -0.2) is 0 Å². The second-order valence-electron chi connectivity index (χ2n) is 0. The second-order valence-corrected chi connectivity index (χ2v) is 0. The summed E-state index contributed by atoms with van der Waals surface area (Å²) in [6.07, 6.45) is 0. The van der Waals surface area contributed by atoms with E-state index in [9.17, 15) is 0 Å². The maximum absolute atomic E-state index is 0. The van der Waals surface area contributed by atoms with Crippen molar-refractivity contribution in [3.05, 3.63) is 0 Å². The summed E-state index contributed by atoms with van der Waals surface area (Å²) >= 11 is 0. The van der Waals surface area contributed by atoms with Gasteiger partial charge in [0.05, 0.1) is 0 Å². The summed E-state index contributed by atoms with van der Waals surface area (Å²) in [5, 5.41) is 0. The van der Waals surface area contributed by atoms with Gasteiger partial charge in [0.1, 0.15) is 0 Å². The fourth-order valence-corrected chi connectivity index (χ4v) is 0. The van der Waals surface area contributed by atoms with E-state index in [1.165, 1.54) is 0 Å². The Hall–Kier alpha value is 0.726. The molecule has 0 rings (SSSR count). The zero-order chi connectivity index (χ0) is 0. The Morgan fingerprint density at radius 3 is 0.214 bits per heavy atom. The first-order valence-corrected chi connectivity index (χ1v) is 0. The quantitative estimate of drug-likeness (QED) is 0.402. The largest absolute Gasteiger partial charge is 1.00 e. The summed E-state index contributed by atoms with van der Waals surface area (Å²) in [5.41, 5.74) is 0. The molecule has 0 aromatic rings. The van der Waals surface area contributed by atoms with Crippen LogP contribution >= 0.6 is 0 Å². The van der Waals surface area contributed by atoms with Crippen molar-refractivity contribution in [1.82, 2.24) is 0 Å². The molecule has 0 aromatic heterocycles. The zero-order valence-electron chi connectivity index (χ0n) is 7.31. The van der Waals surface area contributed by atoms with Crippen LogP contribution in [0.2, 0.25) is 0 Å². The van der Waals surface area contributed by atoms with Gasteiger partial charge in [0.25, 0.3) is 0 Å². The van der Waals surface area contributed by atoms with E-state index in [0.717, 1.165) is 0 Å². The third-order valence-electron chi connectivity index (χ3n) is 0. The van der Waals surface area contributed by atoms with Crippen LogP contribution in [0.5, 0.6) is 0 Å². The van der Waals surface area contributed by atoms with Gasteiger partial charge in [-0.15, -0.1) is 0 Å². The molecule has 0 saturated heterocycles. The number of hydrogen-bond donors (Lipinski definition) is 0. The molecule has 0 aliphatic heterocycles. The fraction of sp³-hybridized carbons (Fsp3) is 0. The first-order valence-electron chi connectivity index (χ1n) is 0. The van der Waals surface area contributed by atoms with E-state index >= 15 is 0 Å². The molecule has 14 heteroatoms. The van der Waals surface area contributed by atoms with Gasteiger partial charge in [0.2, 0.25) is 0 Å². The Labute approximate surface area is 113 Å². The van der Waals surface area contributed by atoms with Crippen molar-refractivity contribution >= 4 is 0 Å². The van der Waals surface area contributed by atoms with Crippen LogP contribution in [0.4, 0.5) is 61.2 Å². The minimum Gasteiger partial charge on any atom is -1.00 e. The van der Waals surface area contributed by atoms with E-state index in [4.69, 9.17) is 0 Å². The van der Waals surface area contributed by atoms with Crippen molar-refractivity contribution in [3.8, 4) is 0 Å². The van der Waals surface area contributed by atoms with E-state index in [1.807, 2.05) is 0 Å². The normalized spacial score (nSPS) is 0. The van der Waals surface area contributed by atoms with Crippen LogP contribution in [-0.4, -0.2) is 0 Å². The smallest absolute Gasteiger partial charge is 1.00 e. The van der Waals surface area contributed by atoms with Gasteiger partial charge in [-0.1, -0.05) is 0 Å². The summed E-state index contributed by atoms with van der Waals surface area (Å²) in [7, 11) is 0. The van der Waals surface area contributed by atoms with Crippen molar-refractivity contribution in [1.29, 1.82) is 0 Å². The van der Waals surface area contributed by atoms with E-state index < -0.39 is 0 Å². The van der Waals surface area contributed by atoms with Crippen LogP contribution in [0.25, 0.3) is 0 Å². The average molecular weight is 300 g/mol. The van der Waals surface area contributed by atoms with Crippen molar-refractivity contribution in [2.24, 2.45) is 0 Å². The zero-order valence-corrected chi connectivity index (χ0v) is 9.43. The maximum Gasteiger partial charge on any atom is 1.00 e. The minimum atomic E-state index is 0. The topological polar surface area (TPSA) is 0 Å². The molecule has 0 heterocycles. The summed E-state index contributed by atoms with van der Waals surface area (Å²) in [6, 6.07) is 0. The Balaban J connectivity index is 0. The summed E-state index contributed by atoms with van der Waals surface area (Å²) < 4.78 is 0. The standard InChI is InChI=1S/13FH.K.H/h13*1H;;/q;;;;;;;;;;;;;+1;-1. The number of rotatable bonds is 0. The third-order valence-corrected chi connectivity index (χ3v) is 0. The van der Waals surface area contributed by atoms with E-state index in [-0.39, 0.29) is 114 Å². The maximum atomic E-state index is 0. The van der Waals surface area contributed by atoms with Crippen LogP contribution in [0.1, 0.15) is 1.43 Å². The molecule has 14 heavy (non-hydrogen) atoms. The Morgan fingerprint density at radius 1 is 0.214 bits per heavy atom. The second kappa shape index (κ2) is 4210. The Morgan fingerprint density at radius 2 is 0.214 bits per heavy atom. The first-order chi connectivity index (χ1) is 0. The molecule has 0 aliphatic carbocycles. The summed E-state index contributed by atoms with van der Waals surface area (Å²) in [5.74, 6) is 0. The van der Waals surface area contributed by atoms with Gasteiger partial charge in [0.15, 0.2) is 0 Å². The van der Waals surface area contributed by atoms with Crippen molar-refractivity contribution in [2.75, 3.05) is 0 Å². The van der Waals surface area contributed by atoms with Crippen LogP contribution < -0.4 is 51.4 Å². The summed E-state index contributed by atoms with van der Waals surface area (Å²) in [4.78, 5) is 0. The van der Waals surface area contributed by atoms with Gasteiger partial charge < -0.3 is 1.43 Å². The molecule has 0 amide bonds. The molecule has 0 spiro atoms. The van der Waals surface area contributed by atoms with E-state index in [1.54, 1.807) is 0 Å². The predicted molar refractivity (Wildman–Crippen MR) is 33.7 cm³/mol. The van der Waals surface area contributed by atoms with Gasteiger partial charge in [0, 0.05) is 0 Å². The molecular formula is H14F13K. The van der Waals surface area contributed by atoms with E-state index in [0.29, 0.717) is 0 Å². The fourth-order valence-electron chi connectivity index (χ4n) is 0. The first kappa shape index (κ1) is 5260. The molecule has 0 fully saturated rings. The SMILES string of the molecule is F.F.F.F.F.F.F.F.F.F.F.F.F.[H-].[K+].